The minimum Gasteiger partial charge on any atom is -0.484 e. The number of ketones is 1. The van der Waals surface area contributed by atoms with Gasteiger partial charge in [0.25, 0.3) is 17.4 Å². The molecule has 1 heterocycles. The van der Waals surface area contributed by atoms with Crippen molar-refractivity contribution in [3.63, 3.8) is 0 Å². The molecule has 0 aliphatic heterocycles. The number of nitrogens with one attached hydrogen (secondary N) is 2. The zero-order valence-electron chi connectivity index (χ0n) is 17.2. The molecular formula is C22H22N4O5. The van der Waals surface area contributed by atoms with Gasteiger partial charge in [0.05, 0.1) is 5.39 Å². The van der Waals surface area contributed by atoms with Crippen LogP contribution in [-0.4, -0.2) is 34.0 Å². The predicted molar refractivity (Wildman–Crippen MR) is 114 cm³/mol. The molecule has 0 aliphatic rings. The second-order valence-corrected chi connectivity index (χ2v) is 6.61. The fraction of sp³-hybridized carbons (Fsp3) is 0.227. The molecule has 0 atom stereocenters. The van der Waals surface area contributed by atoms with Gasteiger partial charge in [-0.05, 0) is 37.3 Å². The highest BCUT2D eigenvalue weighted by Crippen LogP contribution is 2.14. The summed E-state index contributed by atoms with van der Waals surface area (Å²) < 4.78 is 6.55. The van der Waals surface area contributed by atoms with Crippen LogP contribution in [0.4, 0.5) is 0 Å². The maximum absolute atomic E-state index is 12.6. The molecule has 2 aromatic carbocycles. The molecule has 1 aromatic heterocycles. The summed E-state index contributed by atoms with van der Waals surface area (Å²) in [6, 6.07) is 13.1. The lowest BCUT2D eigenvalue weighted by Gasteiger charge is -2.11. The third-order valence-electron chi connectivity index (χ3n) is 4.57. The maximum Gasteiger partial charge on any atom is 0.290 e. The van der Waals surface area contributed by atoms with Crippen LogP contribution in [0, 0.1) is 0 Å². The van der Waals surface area contributed by atoms with Crippen molar-refractivity contribution in [1.29, 1.82) is 0 Å². The number of Topliss-reactive ketones (excluding diaryl/α,β-unsaturated/α-hetero) is 1. The Bertz CT molecular complexity index is 1180. The highest BCUT2D eigenvalue weighted by Gasteiger charge is 2.17. The number of rotatable bonds is 7. The Kier molecular flexibility index (Phi) is 6.76. The van der Waals surface area contributed by atoms with Gasteiger partial charge in [0.15, 0.2) is 18.1 Å². The normalized spacial score (nSPS) is 10.5. The van der Waals surface area contributed by atoms with Gasteiger partial charge in [-0.25, -0.2) is 4.68 Å². The number of hydrogen-bond acceptors (Lipinski definition) is 6. The molecule has 0 unspecified atom stereocenters. The monoisotopic (exact) mass is 422 g/mol. The van der Waals surface area contributed by atoms with E-state index in [4.69, 9.17) is 4.74 Å². The average molecular weight is 422 g/mol. The molecule has 0 fully saturated rings. The largest absolute Gasteiger partial charge is 0.484 e. The van der Waals surface area contributed by atoms with Crippen LogP contribution in [0.5, 0.6) is 5.75 Å². The number of amides is 2. The fourth-order valence-electron chi connectivity index (χ4n) is 2.93. The van der Waals surface area contributed by atoms with Crippen molar-refractivity contribution in [3.8, 4) is 5.75 Å². The van der Waals surface area contributed by atoms with Gasteiger partial charge in [0.1, 0.15) is 5.75 Å². The van der Waals surface area contributed by atoms with Crippen LogP contribution in [0.15, 0.2) is 53.3 Å². The zero-order chi connectivity index (χ0) is 22.4. The molecule has 0 bridgehead atoms. The second kappa shape index (κ2) is 9.66. The number of aryl methyl sites for hydroxylation is 1. The molecule has 0 saturated heterocycles. The first kappa shape index (κ1) is 21.7. The van der Waals surface area contributed by atoms with Crippen LogP contribution in [-0.2, 0) is 11.3 Å². The van der Waals surface area contributed by atoms with Gasteiger partial charge >= 0.3 is 0 Å². The highest BCUT2D eigenvalue weighted by atomic mass is 16.5. The molecule has 0 spiro atoms. The van der Waals surface area contributed by atoms with Crippen molar-refractivity contribution in [2.45, 2.75) is 26.8 Å². The van der Waals surface area contributed by atoms with E-state index in [1.54, 1.807) is 62.4 Å². The lowest BCUT2D eigenvalue weighted by molar-refractivity contribution is -0.123. The van der Waals surface area contributed by atoms with Crippen molar-refractivity contribution in [1.82, 2.24) is 20.6 Å². The van der Waals surface area contributed by atoms with Crippen LogP contribution < -0.4 is 21.1 Å². The highest BCUT2D eigenvalue weighted by molar-refractivity contribution is 6.05. The van der Waals surface area contributed by atoms with E-state index in [0.717, 1.165) is 0 Å². The first-order chi connectivity index (χ1) is 14.9. The minimum absolute atomic E-state index is 0.0162. The summed E-state index contributed by atoms with van der Waals surface area (Å²) in [7, 11) is 0. The van der Waals surface area contributed by atoms with Crippen molar-refractivity contribution >= 4 is 28.4 Å². The number of carbonyl (C=O) groups excluding carboxylic acids is 3. The van der Waals surface area contributed by atoms with E-state index < -0.39 is 11.8 Å². The van der Waals surface area contributed by atoms with Crippen LogP contribution in [0.2, 0.25) is 0 Å². The van der Waals surface area contributed by atoms with Crippen LogP contribution in [0.3, 0.4) is 0 Å². The van der Waals surface area contributed by atoms with Crippen LogP contribution in [0.1, 0.15) is 41.1 Å². The Morgan fingerprint density at radius 2 is 1.65 bits per heavy atom. The number of ether oxygens (including phenoxy) is 1. The van der Waals surface area contributed by atoms with Crippen LogP contribution >= 0.6 is 0 Å². The summed E-state index contributed by atoms with van der Waals surface area (Å²) in [5.74, 6) is -0.816. The minimum atomic E-state index is -0.658. The summed E-state index contributed by atoms with van der Waals surface area (Å²) in [6.45, 7) is 3.48. The number of aromatic nitrogens is 2. The van der Waals surface area contributed by atoms with Crippen LogP contribution in [0.25, 0.3) is 10.8 Å². The lowest BCUT2D eigenvalue weighted by Crippen LogP contribution is -2.44. The first-order valence-corrected chi connectivity index (χ1v) is 9.79. The molecule has 9 heteroatoms. The fourth-order valence-corrected chi connectivity index (χ4v) is 2.93. The Balaban J connectivity index is 1.62. The molecule has 2 amide bonds. The molecule has 3 rings (SSSR count). The number of benzene rings is 2. The number of fused-ring (bicyclic) bond motifs is 1. The number of carbonyl (C=O) groups is 3. The topological polar surface area (TPSA) is 119 Å². The van der Waals surface area contributed by atoms with E-state index in [1.165, 1.54) is 4.68 Å². The van der Waals surface area contributed by atoms with Gasteiger partial charge in [-0.3, -0.25) is 30.0 Å². The molecule has 2 N–H and O–H groups in total. The summed E-state index contributed by atoms with van der Waals surface area (Å²) in [6.07, 6.45) is 0.405. The van der Waals surface area contributed by atoms with E-state index in [0.29, 0.717) is 35.1 Å². The summed E-state index contributed by atoms with van der Waals surface area (Å²) in [5, 5.41) is 4.86. The summed E-state index contributed by atoms with van der Waals surface area (Å²) in [4.78, 5) is 48.6. The van der Waals surface area contributed by atoms with Gasteiger partial charge in [-0.15, -0.1) is 0 Å². The Morgan fingerprint density at radius 3 is 2.29 bits per heavy atom. The molecule has 0 radical (unpaired) electrons. The third kappa shape index (κ3) is 4.95. The standard InChI is InChI=1S/C22H22N4O5/c1-3-18(27)14-9-11-15(12-10-14)31-13-19(28)23-24-21(29)20-16-7-5-6-8-17(16)22(30)26(4-2)25-20/h5-12H,3-4,13H2,1-2H3,(H,23,28)(H,24,29). The quantitative estimate of drug-likeness (QED) is 0.443. The van der Waals surface area contributed by atoms with Crippen molar-refractivity contribution in [2.75, 3.05) is 6.61 Å². The molecule has 3 aromatic rings. The van der Waals surface area contributed by atoms with Gasteiger partial charge in [0.2, 0.25) is 0 Å². The number of hydrogen-bond donors (Lipinski definition) is 2. The van der Waals surface area contributed by atoms with E-state index in [2.05, 4.69) is 16.0 Å². The average Bonchev–Trinajstić information content (AvgIpc) is 2.81. The number of hydrazine groups is 1. The molecule has 0 aliphatic carbocycles. The van der Waals surface area contributed by atoms with E-state index in [-0.39, 0.29) is 23.6 Å². The van der Waals surface area contributed by atoms with Crippen molar-refractivity contribution < 1.29 is 19.1 Å². The zero-order valence-corrected chi connectivity index (χ0v) is 17.2. The number of nitrogens with zero attached hydrogens (tertiary/aromatic N) is 2. The second-order valence-electron chi connectivity index (χ2n) is 6.61. The van der Waals surface area contributed by atoms with Gasteiger partial charge in [-0.2, -0.15) is 5.10 Å². The third-order valence-corrected chi connectivity index (χ3v) is 4.57. The van der Waals surface area contributed by atoms with E-state index >= 15 is 0 Å². The Hall–Kier alpha value is -4.01. The Morgan fingerprint density at radius 1 is 0.968 bits per heavy atom. The molecule has 160 valence electrons. The van der Waals surface area contributed by atoms with E-state index in [1.807, 2.05) is 0 Å². The smallest absolute Gasteiger partial charge is 0.290 e. The lowest BCUT2D eigenvalue weighted by atomic mass is 10.1. The predicted octanol–water partition coefficient (Wildman–Crippen LogP) is 1.85. The summed E-state index contributed by atoms with van der Waals surface area (Å²) >= 11 is 0. The molecular weight excluding hydrogens is 400 g/mol. The molecule has 31 heavy (non-hydrogen) atoms. The Labute approximate surface area is 178 Å². The van der Waals surface area contributed by atoms with Gasteiger partial charge in [-0.1, -0.05) is 25.1 Å². The SMILES string of the molecule is CCC(=O)c1ccc(OCC(=O)NNC(=O)c2nn(CC)c(=O)c3ccccc23)cc1. The van der Waals surface area contributed by atoms with Gasteiger partial charge in [0, 0.05) is 23.9 Å². The van der Waals surface area contributed by atoms with Crippen molar-refractivity contribution in [2.24, 2.45) is 0 Å². The first-order valence-electron chi connectivity index (χ1n) is 9.79. The summed E-state index contributed by atoms with van der Waals surface area (Å²) in [5.41, 5.74) is 4.85. The maximum atomic E-state index is 12.6. The van der Waals surface area contributed by atoms with Crippen molar-refractivity contribution in [3.05, 3.63) is 70.1 Å². The molecule has 0 saturated carbocycles. The molecule has 9 nitrogen and oxygen atoms in total. The van der Waals surface area contributed by atoms with E-state index in [9.17, 15) is 19.2 Å². The van der Waals surface area contributed by atoms with Gasteiger partial charge < -0.3 is 4.74 Å².